The Hall–Kier alpha value is -2.95. The van der Waals surface area contributed by atoms with Crippen molar-refractivity contribution in [3.8, 4) is 0 Å². The maximum atomic E-state index is 11.4. The first-order chi connectivity index (χ1) is 11.2. The van der Waals surface area contributed by atoms with Gasteiger partial charge in [-0.1, -0.05) is 0 Å². The highest BCUT2D eigenvalue weighted by molar-refractivity contribution is 5.88. The van der Waals surface area contributed by atoms with Crippen LogP contribution in [0.15, 0.2) is 51.7 Å². The second kappa shape index (κ2) is 4.29. The number of nitrogens with two attached hydrogens (primary N) is 1. The summed E-state index contributed by atoms with van der Waals surface area (Å²) in [5, 5.41) is 1.01. The topological polar surface area (TPSA) is 62.7 Å². The highest BCUT2D eigenvalue weighted by atomic mass is 16.4. The van der Waals surface area contributed by atoms with Crippen LogP contribution in [-0.4, -0.2) is 6.67 Å². The van der Waals surface area contributed by atoms with Crippen molar-refractivity contribution in [2.45, 2.75) is 13.1 Å². The summed E-state index contributed by atoms with van der Waals surface area (Å²) < 4.78 is 5.33. The van der Waals surface area contributed by atoms with Gasteiger partial charge in [0.05, 0.1) is 6.67 Å². The Kier molecular flexibility index (Phi) is 2.34. The average molecular weight is 305 g/mol. The zero-order valence-corrected chi connectivity index (χ0v) is 12.5. The van der Waals surface area contributed by atoms with E-state index in [0.29, 0.717) is 5.58 Å². The van der Waals surface area contributed by atoms with Crippen molar-refractivity contribution in [2.24, 2.45) is 0 Å². The van der Waals surface area contributed by atoms with Crippen LogP contribution in [0, 0.1) is 0 Å². The van der Waals surface area contributed by atoms with Crippen LogP contribution in [0.4, 0.5) is 17.1 Å². The van der Waals surface area contributed by atoms with Crippen molar-refractivity contribution in [1.29, 1.82) is 0 Å². The second-order valence-electron chi connectivity index (χ2n) is 6.15. The molecule has 114 valence electrons. The maximum Gasteiger partial charge on any atom is 0.336 e. The zero-order chi connectivity index (χ0) is 15.6. The van der Waals surface area contributed by atoms with Crippen LogP contribution in [0.1, 0.15) is 11.1 Å². The minimum atomic E-state index is -0.310. The summed E-state index contributed by atoms with van der Waals surface area (Å²) in [4.78, 5) is 16.1. The minimum absolute atomic E-state index is 0.310. The van der Waals surface area contributed by atoms with E-state index in [1.54, 1.807) is 0 Å². The minimum Gasteiger partial charge on any atom is -0.423 e. The number of anilines is 3. The average Bonchev–Trinajstić information content (AvgIpc) is 2.54. The first kappa shape index (κ1) is 12.6. The number of rotatable bonds is 0. The Bertz CT molecular complexity index is 1010. The Morgan fingerprint density at radius 1 is 0.957 bits per heavy atom. The molecule has 2 aliphatic heterocycles. The summed E-state index contributed by atoms with van der Waals surface area (Å²) >= 11 is 0. The molecule has 0 saturated heterocycles. The molecule has 0 spiro atoms. The lowest BCUT2D eigenvalue weighted by Gasteiger charge is -2.45. The number of hydrogen-bond acceptors (Lipinski definition) is 5. The molecule has 5 rings (SSSR count). The fourth-order valence-electron chi connectivity index (χ4n) is 3.73. The van der Waals surface area contributed by atoms with Crippen molar-refractivity contribution in [2.75, 3.05) is 22.2 Å². The lowest BCUT2D eigenvalue weighted by Crippen LogP contribution is -2.46. The summed E-state index contributed by atoms with van der Waals surface area (Å²) in [7, 11) is 0. The van der Waals surface area contributed by atoms with Crippen LogP contribution >= 0.6 is 0 Å². The van der Waals surface area contributed by atoms with Gasteiger partial charge in [-0.05, 0) is 42.0 Å². The van der Waals surface area contributed by atoms with Gasteiger partial charge in [0.1, 0.15) is 5.58 Å². The molecule has 0 unspecified atom stereocenters. The Morgan fingerprint density at radius 3 is 2.70 bits per heavy atom. The van der Waals surface area contributed by atoms with Crippen LogP contribution in [0.5, 0.6) is 0 Å². The maximum absolute atomic E-state index is 11.4. The standard InChI is InChI=1S/C18H15N3O2/c19-12-1-3-15-11(7-12)8-20-10-21(15)9-14-13-2-6-18(22)23-17(13)5-4-16(14)20/h1-7H,8-10,19H2. The summed E-state index contributed by atoms with van der Waals surface area (Å²) in [6.45, 7) is 2.51. The van der Waals surface area contributed by atoms with E-state index in [4.69, 9.17) is 10.2 Å². The number of nitrogens with zero attached hydrogens (tertiary/aromatic N) is 2. The highest BCUT2D eigenvalue weighted by Gasteiger charge is 2.30. The third-order valence-corrected chi connectivity index (χ3v) is 4.73. The smallest absolute Gasteiger partial charge is 0.336 e. The summed E-state index contributed by atoms with van der Waals surface area (Å²) in [5.41, 5.74) is 12.0. The first-order valence-electron chi connectivity index (χ1n) is 7.63. The molecule has 2 bridgehead atoms. The number of hydrogen-bond donors (Lipinski definition) is 1. The van der Waals surface area contributed by atoms with Gasteiger partial charge in [0.15, 0.2) is 0 Å². The molecule has 1 aromatic heterocycles. The number of benzene rings is 2. The Balaban J connectivity index is 1.71. The SMILES string of the molecule is Nc1ccc2c(c1)CN1CN2Cc2c1ccc1oc(=O)ccc21. The molecule has 2 aliphatic rings. The summed E-state index contributed by atoms with van der Waals surface area (Å²) in [5.74, 6) is 0. The van der Waals surface area contributed by atoms with E-state index < -0.39 is 0 Å². The van der Waals surface area contributed by atoms with Crippen molar-refractivity contribution >= 4 is 28.0 Å². The molecular formula is C18H15N3O2. The molecule has 2 aromatic carbocycles. The Labute approximate surface area is 132 Å². The molecule has 0 atom stereocenters. The van der Waals surface area contributed by atoms with E-state index in [2.05, 4.69) is 28.0 Å². The predicted molar refractivity (Wildman–Crippen MR) is 90.6 cm³/mol. The third-order valence-electron chi connectivity index (χ3n) is 4.73. The van der Waals surface area contributed by atoms with Crippen LogP contribution in [0.2, 0.25) is 0 Å². The fourth-order valence-corrected chi connectivity index (χ4v) is 3.73. The highest BCUT2D eigenvalue weighted by Crippen LogP contribution is 2.40. The van der Waals surface area contributed by atoms with Gasteiger partial charge in [0.2, 0.25) is 0 Å². The largest absolute Gasteiger partial charge is 0.423 e. The van der Waals surface area contributed by atoms with E-state index in [1.807, 2.05) is 18.2 Å². The van der Waals surface area contributed by atoms with Gasteiger partial charge in [-0.15, -0.1) is 0 Å². The molecule has 0 saturated carbocycles. The van der Waals surface area contributed by atoms with Gasteiger partial charge < -0.3 is 20.0 Å². The van der Waals surface area contributed by atoms with E-state index >= 15 is 0 Å². The van der Waals surface area contributed by atoms with Crippen molar-refractivity contribution in [3.05, 3.63) is 64.0 Å². The molecular weight excluding hydrogens is 290 g/mol. The second-order valence-corrected chi connectivity index (χ2v) is 6.15. The van der Waals surface area contributed by atoms with E-state index in [-0.39, 0.29) is 5.63 Å². The van der Waals surface area contributed by atoms with Gasteiger partial charge in [-0.25, -0.2) is 4.79 Å². The quantitative estimate of drug-likeness (QED) is 0.511. The number of nitrogen functional groups attached to an aromatic ring is 1. The van der Waals surface area contributed by atoms with Gasteiger partial charge >= 0.3 is 5.63 Å². The van der Waals surface area contributed by atoms with Gasteiger partial charge in [0.25, 0.3) is 0 Å². The molecule has 0 fully saturated rings. The van der Waals surface area contributed by atoms with Crippen LogP contribution in [0.3, 0.4) is 0 Å². The molecule has 5 heteroatoms. The first-order valence-corrected chi connectivity index (χ1v) is 7.63. The van der Waals surface area contributed by atoms with Crippen LogP contribution in [-0.2, 0) is 13.1 Å². The van der Waals surface area contributed by atoms with Gasteiger partial charge in [-0.3, -0.25) is 0 Å². The van der Waals surface area contributed by atoms with Gasteiger partial charge in [-0.2, -0.15) is 0 Å². The summed E-state index contributed by atoms with van der Waals surface area (Å²) in [6.07, 6.45) is 0. The lowest BCUT2D eigenvalue weighted by molar-refractivity contribution is 0.559. The Morgan fingerprint density at radius 2 is 1.78 bits per heavy atom. The lowest BCUT2D eigenvalue weighted by atomic mass is 9.98. The molecule has 5 nitrogen and oxygen atoms in total. The molecule has 3 heterocycles. The molecule has 0 amide bonds. The predicted octanol–water partition coefficient (Wildman–Crippen LogP) is 2.67. The van der Waals surface area contributed by atoms with Gasteiger partial charge in [0, 0.05) is 47.2 Å². The van der Waals surface area contributed by atoms with E-state index in [9.17, 15) is 4.79 Å². The van der Waals surface area contributed by atoms with Crippen molar-refractivity contribution in [3.63, 3.8) is 0 Å². The molecule has 3 aromatic rings. The van der Waals surface area contributed by atoms with Crippen LogP contribution < -0.4 is 21.2 Å². The van der Waals surface area contributed by atoms with Crippen LogP contribution in [0.25, 0.3) is 11.0 Å². The van der Waals surface area contributed by atoms with Crippen molar-refractivity contribution in [1.82, 2.24) is 0 Å². The van der Waals surface area contributed by atoms with E-state index in [0.717, 1.165) is 30.8 Å². The van der Waals surface area contributed by atoms with E-state index in [1.165, 1.54) is 28.6 Å². The number of fused-ring (bicyclic) bond motifs is 8. The summed E-state index contributed by atoms with van der Waals surface area (Å²) in [6, 6.07) is 13.4. The normalized spacial score (nSPS) is 15.5. The fraction of sp³-hybridized carbons (Fsp3) is 0.167. The molecule has 23 heavy (non-hydrogen) atoms. The monoisotopic (exact) mass is 305 g/mol. The molecule has 0 aliphatic carbocycles. The third kappa shape index (κ3) is 1.76. The zero-order valence-electron chi connectivity index (χ0n) is 12.5. The molecule has 2 N–H and O–H groups in total. The molecule has 0 radical (unpaired) electrons. The van der Waals surface area contributed by atoms with Crippen molar-refractivity contribution < 1.29 is 4.42 Å².